The number of nitrogens with zero attached hydrogens (tertiary/aromatic N) is 3. The molecule has 0 unspecified atom stereocenters. The summed E-state index contributed by atoms with van der Waals surface area (Å²) in [4.78, 5) is 31.8. The molecule has 0 radical (unpaired) electrons. The standard InChI is InChI=1S/C19H17N5O3/c20-16(25)10-27-14-5-3-12(4-6-14)15-8-17(26)23-19-18(15)22-11-24(19)13-2-1-7-21-9-13/h1-7,9,11,15H,8,10H2,(H2,20,25)(H,23,26)/t15-/m1/s1. The summed E-state index contributed by atoms with van der Waals surface area (Å²) < 4.78 is 7.10. The van der Waals surface area contributed by atoms with Crippen molar-refractivity contribution in [3.63, 3.8) is 0 Å². The highest BCUT2D eigenvalue weighted by atomic mass is 16.5. The molecule has 0 spiro atoms. The molecule has 8 heteroatoms. The third-order valence-corrected chi connectivity index (χ3v) is 4.36. The zero-order valence-electron chi connectivity index (χ0n) is 14.3. The first-order valence-corrected chi connectivity index (χ1v) is 8.40. The Kier molecular flexibility index (Phi) is 4.29. The first-order valence-electron chi connectivity index (χ1n) is 8.40. The van der Waals surface area contributed by atoms with Crippen LogP contribution in [0.4, 0.5) is 5.82 Å². The molecule has 8 nitrogen and oxygen atoms in total. The van der Waals surface area contributed by atoms with Crippen LogP contribution in [0.1, 0.15) is 23.6 Å². The normalized spacial score (nSPS) is 15.7. The van der Waals surface area contributed by atoms with Gasteiger partial charge in [0.15, 0.2) is 6.61 Å². The Hall–Kier alpha value is -3.68. The minimum Gasteiger partial charge on any atom is -0.484 e. The van der Waals surface area contributed by atoms with Crippen molar-refractivity contribution >= 4 is 17.6 Å². The highest BCUT2D eigenvalue weighted by Crippen LogP contribution is 2.37. The fourth-order valence-electron chi connectivity index (χ4n) is 3.13. The second-order valence-electron chi connectivity index (χ2n) is 6.19. The smallest absolute Gasteiger partial charge is 0.255 e. The maximum atomic E-state index is 12.3. The van der Waals surface area contributed by atoms with Crippen molar-refractivity contribution in [2.24, 2.45) is 5.73 Å². The monoisotopic (exact) mass is 363 g/mol. The maximum Gasteiger partial charge on any atom is 0.255 e. The minimum absolute atomic E-state index is 0.0767. The van der Waals surface area contributed by atoms with Gasteiger partial charge in [0.25, 0.3) is 5.91 Å². The Morgan fingerprint density at radius 3 is 2.81 bits per heavy atom. The topological polar surface area (TPSA) is 112 Å². The predicted molar refractivity (Wildman–Crippen MR) is 97.6 cm³/mol. The molecule has 1 aliphatic rings. The summed E-state index contributed by atoms with van der Waals surface area (Å²) in [6.45, 7) is -0.176. The van der Waals surface area contributed by atoms with Crippen molar-refractivity contribution in [1.29, 1.82) is 0 Å². The Morgan fingerprint density at radius 2 is 2.11 bits per heavy atom. The Balaban J connectivity index is 1.65. The molecule has 2 aromatic heterocycles. The molecule has 1 atom stereocenters. The van der Waals surface area contributed by atoms with Gasteiger partial charge in [0.1, 0.15) is 17.9 Å². The van der Waals surface area contributed by atoms with Crippen LogP contribution in [-0.4, -0.2) is 33.0 Å². The molecule has 2 amide bonds. The summed E-state index contributed by atoms with van der Waals surface area (Å²) in [6.07, 6.45) is 5.39. The lowest BCUT2D eigenvalue weighted by Crippen LogP contribution is -2.25. The summed E-state index contributed by atoms with van der Waals surface area (Å²) in [5.74, 6) is 0.412. The van der Waals surface area contributed by atoms with Gasteiger partial charge in [0.05, 0.1) is 17.6 Å². The molecular weight excluding hydrogens is 346 g/mol. The molecule has 27 heavy (non-hydrogen) atoms. The SMILES string of the molecule is NC(=O)COc1ccc([C@H]2CC(=O)Nc3c2ncn3-c2cccnc2)cc1. The molecule has 136 valence electrons. The molecule has 3 N–H and O–H groups in total. The van der Waals surface area contributed by atoms with Gasteiger partial charge in [-0.05, 0) is 29.8 Å². The molecule has 1 aliphatic heterocycles. The van der Waals surface area contributed by atoms with Crippen LogP contribution >= 0.6 is 0 Å². The number of hydrogen-bond acceptors (Lipinski definition) is 5. The average Bonchev–Trinajstić information content (AvgIpc) is 3.10. The number of carbonyl (C=O) groups is 2. The van der Waals surface area contributed by atoms with E-state index >= 15 is 0 Å². The van der Waals surface area contributed by atoms with Gasteiger partial charge in [-0.1, -0.05) is 12.1 Å². The largest absolute Gasteiger partial charge is 0.484 e. The number of imidazole rings is 1. The van der Waals surface area contributed by atoms with Crippen molar-refractivity contribution in [2.75, 3.05) is 11.9 Å². The van der Waals surface area contributed by atoms with Crippen LogP contribution in [-0.2, 0) is 9.59 Å². The van der Waals surface area contributed by atoms with E-state index in [2.05, 4.69) is 15.3 Å². The lowest BCUT2D eigenvalue weighted by molar-refractivity contribution is -0.120. The lowest BCUT2D eigenvalue weighted by Gasteiger charge is -2.23. The molecule has 1 aromatic carbocycles. The first kappa shape index (κ1) is 16.8. The van der Waals surface area contributed by atoms with Gasteiger partial charge < -0.3 is 15.8 Å². The van der Waals surface area contributed by atoms with Gasteiger partial charge in [-0.25, -0.2) is 4.98 Å². The Morgan fingerprint density at radius 1 is 1.30 bits per heavy atom. The molecule has 0 saturated heterocycles. The summed E-state index contributed by atoms with van der Waals surface area (Å²) >= 11 is 0. The zero-order valence-corrected chi connectivity index (χ0v) is 14.3. The average molecular weight is 363 g/mol. The highest BCUT2D eigenvalue weighted by molar-refractivity contribution is 5.94. The van der Waals surface area contributed by atoms with Crippen LogP contribution in [0.5, 0.6) is 5.75 Å². The van der Waals surface area contributed by atoms with E-state index in [4.69, 9.17) is 10.5 Å². The number of anilines is 1. The second-order valence-corrected chi connectivity index (χ2v) is 6.19. The van der Waals surface area contributed by atoms with Crippen molar-refractivity contribution in [2.45, 2.75) is 12.3 Å². The zero-order chi connectivity index (χ0) is 18.8. The van der Waals surface area contributed by atoms with E-state index in [0.29, 0.717) is 18.0 Å². The van der Waals surface area contributed by atoms with Crippen molar-refractivity contribution in [3.8, 4) is 11.4 Å². The number of nitrogens with one attached hydrogen (secondary N) is 1. The van der Waals surface area contributed by atoms with Crippen LogP contribution in [0.2, 0.25) is 0 Å². The Bertz CT molecular complexity index is 982. The van der Waals surface area contributed by atoms with E-state index in [9.17, 15) is 9.59 Å². The van der Waals surface area contributed by atoms with Gasteiger partial charge in [-0.2, -0.15) is 0 Å². The number of benzene rings is 1. The second kappa shape index (κ2) is 6.91. The van der Waals surface area contributed by atoms with E-state index in [1.807, 2.05) is 28.8 Å². The molecule has 3 heterocycles. The van der Waals surface area contributed by atoms with Crippen LogP contribution < -0.4 is 15.8 Å². The molecular formula is C19H17N5O3. The number of nitrogens with two attached hydrogens (primary N) is 1. The highest BCUT2D eigenvalue weighted by Gasteiger charge is 2.31. The van der Waals surface area contributed by atoms with E-state index < -0.39 is 5.91 Å². The predicted octanol–water partition coefficient (Wildman–Crippen LogP) is 1.61. The van der Waals surface area contributed by atoms with Crippen LogP contribution in [0.3, 0.4) is 0 Å². The number of fused-ring (bicyclic) bond motifs is 1. The van der Waals surface area contributed by atoms with E-state index in [1.54, 1.807) is 30.9 Å². The van der Waals surface area contributed by atoms with Gasteiger partial charge in [-0.3, -0.25) is 19.1 Å². The molecule has 0 aliphatic carbocycles. The maximum absolute atomic E-state index is 12.3. The van der Waals surface area contributed by atoms with Gasteiger partial charge in [-0.15, -0.1) is 0 Å². The third-order valence-electron chi connectivity index (χ3n) is 4.36. The van der Waals surface area contributed by atoms with Crippen molar-refractivity contribution < 1.29 is 14.3 Å². The number of aromatic nitrogens is 3. The van der Waals surface area contributed by atoms with E-state index in [1.165, 1.54) is 0 Å². The summed E-state index contributed by atoms with van der Waals surface area (Å²) in [6, 6.07) is 11.0. The fourth-order valence-corrected chi connectivity index (χ4v) is 3.13. The number of rotatable bonds is 5. The number of pyridine rings is 1. The van der Waals surface area contributed by atoms with Crippen molar-refractivity contribution in [1.82, 2.24) is 14.5 Å². The number of ether oxygens (including phenoxy) is 1. The summed E-state index contributed by atoms with van der Waals surface area (Å²) in [5, 5.41) is 2.91. The van der Waals surface area contributed by atoms with Crippen LogP contribution in [0.25, 0.3) is 5.69 Å². The number of carbonyl (C=O) groups excluding carboxylic acids is 2. The molecule has 0 fully saturated rings. The molecule has 0 bridgehead atoms. The minimum atomic E-state index is -0.534. The molecule has 4 rings (SSSR count). The number of primary amides is 1. The van der Waals surface area contributed by atoms with Crippen LogP contribution in [0, 0.1) is 0 Å². The van der Waals surface area contributed by atoms with Crippen LogP contribution in [0.15, 0.2) is 55.1 Å². The summed E-state index contributed by atoms with van der Waals surface area (Å²) in [7, 11) is 0. The van der Waals surface area contributed by atoms with Gasteiger partial charge in [0, 0.05) is 18.5 Å². The fraction of sp³-hybridized carbons (Fsp3) is 0.158. The third kappa shape index (κ3) is 3.37. The number of hydrogen-bond donors (Lipinski definition) is 2. The number of amides is 2. The quantitative estimate of drug-likeness (QED) is 0.715. The van der Waals surface area contributed by atoms with E-state index in [-0.39, 0.29) is 18.4 Å². The van der Waals surface area contributed by atoms with E-state index in [0.717, 1.165) is 16.9 Å². The lowest BCUT2D eigenvalue weighted by atomic mass is 9.90. The summed E-state index contributed by atoms with van der Waals surface area (Å²) in [5.41, 5.74) is 7.64. The first-order chi connectivity index (χ1) is 13.1. The molecule has 3 aromatic rings. The van der Waals surface area contributed by atoms with Crippen molar-refractivity contribution in [3.05, 3.63) is 66.4 Å². The van der Waals surface area contributed by atoms with Gasteiger partial charge in [0.2, 0.25) is 5.91 Å². The molecule has 0 saturated carbocycles. The van der Waals surface area contributed by atoms with Gasteiger partial charge >= 0.3 is 0 Å². The Labute approximate surface area is 155 Å².